The predicted molar refractivity (Wildman–Crippen MR) is 61.4 cm³/mol. The summed E-state index contributed by atoms with van der Waals surface area (Å²) >= 11 is 0. The first kappa shape index (κ1) is 13.0. The van der Waals surface area contributed by atoms with Crippen molar-refractivity contribution in [3.8, 4) is 5.75 Å². The topological polar surface area (TPSA) is 78.6 Å². The van der Waals surface area contributed by atoms with Crippen LogP contribution in [0.5, 0.6) is 5.75 Å². The van der Waals surface area contributed by atoms with Gasteiger partial charge in [-0.3, -0.25) is 9.59 Å². The Kier molecular flexibility index (Phi) is 4.51. The first-order valence-corrected chi connectivity index (χ1v) is 5.14. The minimum atomic E-state index is -0.909. The molecule has 0 saturated carbocycles. The summed E-state index contributed by atoms with van der Waals surface area (Å²) in [7, 11) is 1.55. The molecule has 0 spiro atoms. The summed E-state index contributed by atoms with van der Waals surface area (Å²) in [5.41, 5.74) is 5.74. The van der Waals surface area contributed by atoms with Crippen molar-refractivity contribution >= 4 is 11.9 Å². The lowest BCUT2D eigenvalue weighted by molar-refractivity contribution is -0.153. The molecule has 1 rings (SSSR count). The van der Waals surface area contributed by atoms with Crippen molar-refractivity contribution in [2.24, 2.45) is 5.73 Å². The van der Waals surface area contributed by atoms with Gasteiger partial charge < -0.3 is 15.2 Å². The molecule has 5 nitrogen and oxygen atoms in total. The molecule has 0 heterocycles. The minimum absolute atomic E-state index is 0.0782. The molecule has 1 aromatic rings. The van der Waals surface area contributed by atoms with E-state index in [1.54, 1.807) is 31.4 Å². The summed E-state index contributed by atoms with van der Waals surface area (Å²) in [5.74, 6) is -0.494. The molecule has 2 N–H and O–H groups in total. The number of primary amides is 1. The molecule has 0 aromatic heterocycles. The maximum Gasteiger partial charge on any atom is 0.311 e. The Morgan fingerprint density at radius 2 is 2.12 bits per heavy atom. The van der Waals surface area contributed by atoms with Crippen molar-refractivity contribution in [1.82, 2.24) is 0 Å². The summed E-state index contributed by atoms with van der Waals surface area (Å²) in [6, 6.07) is 7.06. The lowest BCUT2D eigenvalue weighted by Gasteiger charge is -2.09. The van der Waals surface area contributed by atoms with Gasteiger partial charge in [-0.15, -0.1) is 0 Å². The number of carbonyl (C=O) groups excluding carboxylic acids is 2. The molecule has 5 heteroatoms. The molecule has 0 radical (unpaired) electrons. The second kappa shape index (κ2) is 5.89. The van der Waals surface area contributed by atoms with Gasteiger partial charge in [0, 0.05) is 0 Å². The normalized spacial score (nSPS) is 11.6. The van der Waals surface area contributed by atoms with Crippen molar-refractivity contribution in [3.05, 3.63) is 29.8 Å². The van der Waals surface area contributed by atoms with E-state index in [1.165, 1.54) is 6.92 Å². The van der Waals surface area contributed by atoms with E-state index in [1.807, 2.05) is 0 Å². The van der Waals surface area contributed by atoms with Gasteiger partial charge in [0.05, 0.1) is 13.5 Å². The van der Waals surface area contributed by atoms with Gasteiger partial charge in [0.2, 0.25) is 0 Å². The van der Waals surface area contributed by atoms with Crippen LogP contribution < -0.4 is 10.5 Å². The van der Waals surface area contributed by atoms with E-state index in [0.29, 0.717) is 5.75 Å². The molecular weight excluding hydrogens is 222 g/mol. The number of hydrogen-bond donors (Lipinski definition) is 1. The fourth-order valence-electron chi connectivity index (χ4n) is 1.25. The van der Waals surface area contributed by atoms with Crippen molar-refractivity contribution in [3.63, 3.8) is 0 Å². The number of rotatable bonds is 5. The number of amides is 1. The fourth-order valence-corrected chi connectivity index (χ4v) is 1.25. The Balaban J connectivity index is 2.58. The van der Waals surface area contributed by atoms with E-state index in [4.69, 9.17) is 15.2 Å². The Hall–Kier alpha value is -2.04. The number of benzene rings is 1. The molecule has 17 heavy (non-hydrogen) atoms. The number of ether oxygens (including phenoxy) is 2. The average Bonchev–Trinajstić information content (AvgIpc) is 2.28. The van der Waals surface area contributed by atoms with Gasteiger partial charge in [-0.05, 0) is 24.6 Å². The van der Waals surface area contributed by atoms with Gasteiger partial charge in [-0.2, -0.15) is 0 Å². The highest BCUT2D eigenvalue weighted by atomic mass is 16.5. The van der Waals surface area contributed by atoms with E-state index in [-0.39, 0.29) is 6.42 Å². The molecule has 0 fully saturated rings. The van der Waals surface area contributed by atoms with Crippen LogP contribution in [-0.2, 0) is 20.7 Å². The van der Waals surface area contributed by atoms with Crippen LogP contribution in [0.2, 0.25) is 0 Å². The lowest BCUT2D eigenvalue weighted by atomic mass is 10.1. The van der Waals surface area contributed by atoms with Crippen LogP contribution >= 0.6 is 0 Å². The number of hydrogen-bond acceptors (Lipinski definition) is 4. The first-order valence-electron chi connectivity index (χ1n) is 5.14. The van der Waals surface area contributed by atoms with Crippen LogP contribution in [0, 0.1) is 0 Å². The van der Waals surface area contributed by atoms with Crippen LogP contribution in [0.3, 0.4) is 0 Å². The number of nitrogens with two attached hydrogens (primary N) is 1. The van der Waals surface area contributed by atoms with E-state index < -0.39 is 18.0 Å². The third-order valence-corrected chi connectivity index (χ3v) is 2.19. The second-order valence-electron chi connectivity index (χ2n) is 3.56. The molecule has 0 unspecified atom stereocenters. The van der Waals surface area contributed by atoms with Crippen molar-refractivity contribution in [2.45, 2.75) is 19.4 Å². The summed E-state index contributed by atoms with van der Waals surface area (Å²) in [4.78, 5) is 22.2. The number of methoxy groups -OCH3 is 1. The molecule has 0 bridgehead atoms. The van der Waals surface area contributed by atoms with Gasteiger partial charge >= 0.3 is 5.97 Å². The SMILES string of the molecule is COc1cccc(CC(=O)O[C@H](C)C(N)=O)c1. The van der Waals surface area contributed by atoms with E-state index in [2.05, 4.69) is 0 Å². The van der Waals surface area contributed by atoms with Crippen molar-refractivity contribution < 1.29 is 19.1 Å². The van der Waals surface area contributed by atoms with Gasteiger partial charge in [0.15, 0.2) is 6.10 Å². The average molecular weight is 237 g/mol. The van der Waals surface area contributed by atoms with Crippen molar-refractivity contribution in [2.75, 3.05) is 7.11 Å². The van der Waals surface area contributed by atoms with E-state index in [9.17, 15) is 9.59 Å². The molecule has 1 amide bonds. The molecule has 0 aliphatic carbocycles. The fraction of sp³-hybridized carbons (Fsp3) is 0.333. The Morgan fingerprint density at radius 3 is 2.71 bits per heavy atom. The Morgan fingerprint density at radius 1 is 1.41 bits per heavy atom. The third-order valence-electron chi connectivity index (χ3n) is 2.19. The number of carbonyl (C=O) groups is 2. The highest BCUT2D eigenvalue weighted by Gasteiger charge is 2.14. The minimum Gasteiger partial charge on any atom is -0.497 e. The van der Waals surface area contributed by atoms with Gasteiger partial charge in [-0.1, -0.05) is 12.1 Å². The maximum absolute atomic E-state index is 11.5. The predicted octanol–water partition coefficient (Wildman–Crippen LogP) is 0.655. The molecule has 0 aliphatic heterocycles. The Labute approximate surface area is 99.5 Å². The van der Waals surface area contributed by atoms with E-state index >= 15 is 0 Å². The van der Waals surface area contributed by atoms with Gasteiger partial charge in [-0.25, -0.2) is 0 Å². The van der Waals surface area contributed by atoms with Crippen LogP contribution in [0.1, 0.15) is 12.5 Å². The highest BCUT2D eigenvalue weighted by molar-refractivity contribution is 5.82. The molecule has 1 aromatic carbocycles. The lowest BCUT2D eigenvalue weighted by Crippen LogP contribution is -2.30. The zero-order chi connectivity index (χ0) is 12.8. The highest BCUT2D eigenvalue weighted by Crippen LogP contribution is 2.13. The first-order chi connectivity index (χ1) is 8.02. The number of esters is 1. The van der Waals surface area contributed by atoms with E-state index in [0.717, 1.165) is 5.56 Å². The van der Waals surface area contributed by atoms with Crippen LogP contribution in [0.4, 0.5) is 0 Å². The van der Waals surface area contributed by atoms with Crippen LogP contribution in [0.25, 0.3) is 0 Å². The molecule has 1 atom stereocenters. The maximum atomic E-state index is 11.5. The molecule has 0 saturated heterocycles. The molecular formula is C12H15NO4. The smallest absolute Gasteiger partial charge is 0.311 e. The van der Waals surface area contributed by atoms with Gasteiger partial charge in [0.1, 0.15) is 5.75 Å². The largest absolute Gasteiger partial charge is 0.497 e. The van der Waals surface area contributed by atoms with Crippen LogP contribution in [-0.4, -0.2) is 25.1 Å². The zero-order valence-electron chi connectivity index (χ0n) is 9.80. The summed E-state index contributed by atoms with van der Waals surface area (Å²) in [6.45, 7) is 1.44. The summed E-state index contributed by atoms with van der Waals surface area (Å²) < 4.78 is 9.86. The summed E-state index contributed by atoms with van der Waals surface area (Å²) in [5, 5.41) is 0. The van der Waals surface area contributed by atoms with Crippen molar-refractivity contribution in [1.29, 1.82) is 0 Å². The zero-order valence-corrected chi connectivity index (χ0v) is 9.80. The molecule has 0 aliphatic rings. The monoisotopic (exact) mass is 237 g/mol. The Bertz CT molecular complexity index is 417. The van der Waals surface area contributed by atoms with Gasteiger partial charge in [0.25, 0.3) is 5.91 Å². The second-order valence-corrected chi connectivity index (χ2v) is 3.56. The van der Waals surface area contributed by atoms with Crippen LogP contribution in [0.15, 0.2) is 24.3 Å². The summed E-state index contributed by atoms with van der Waals surface area (Å²) in [6.07, 6.45) is -0.831. The standard InChI is InChI=1S/C12H15NO4/c1-8(12(13)15)17-11(14)7-9-4-3-5-10(6-9)16-2/h3-6,8H,7H2,1-2H3,(H2,13,15)/t8-/m1/s1. The third kappa shape index (κ3) is 4.14. The molecule has 92 valence electrons. The quantitative estimate of drug-likeness (QED) is 0.763.